The fraction of sp³-hybridized carbons (Fsp3) is 0.556. The summed E-state index contributed by atoms with van der Waals surface area (Å²) in [5.74, 6) is 0.146. The van der Waals surface area contributed by atoms with Crippen LogP contribution in [0.25, 0.3) is 0 Å². The van der Waals surface area contributed by atoms with Crippen molar-refractivity contribution in [3.63, 3.8) is 0 Å². The summed E-state index contributed by atoms with van der Waals surface area (Å²) in [6.07, 6.45) is 4.30. The van der Waals surface area contributed by atoms with Gasteiger partial charge in [0, 0.05) is 19.6 Å². The van der Waals surface area contributed by atoms with E-state index in [4.69, 9.17) is 0 Å². The standard InChI is InChI=1S/C18H27N3O3/c1-4-5-6-15-10-14(7-8-16(15)23)9-13(2)20-17(24)18(11-19-18)21(3)12-22/h7-8,10,12-13,19,23H,4-6,9,11H2,1-3H3,(H,20,24). The molecule has 1 heterocycles. The fourth-order valence-corrected chi connectivity index (χ4v) is 2.82. The first-order valence-electron chi connectivity index (χ1n) is 8.48. The van der Waals surface area contributed by atoms with Crippen LogP contribution in [0, 0.1) is 0 Å². The van der Waals surface area contributed by atoms with Crippen molar-refractivity contribution >= 4 is 12.3 Å². The summed E-state index contributed by atoms with van der Waals surface area (Å²) >= 11 is 0. The average Bonchev–Trinajstić information content (AvgIpc) is 3.36. The molecule has 3 N–H and O–H groups in total. The van der Waals surface area contributed by atoms with Crippen LogP contribution in [0.2, 0.25) is 0 Å². The molecule has 6 heteroatoms. The van der Waals surface area contributed by atoms with Crippen LogP contribution in [0.15, 0.2) is 18.2 Å². The van der Waals surface area contributed by atoms with Crippen molar-refractivity contribution < 1.29 is 14.7 Å². The van der Waals surface area contributed by atoms with Crippen LogP contribution in [-0.2, 0) is 22.4 Å². The maximum absolute atomic E-state index is 12.4. The predicted molar refractivity (Wildman–Crippen MR) is 92.6 cm³/mol. The molecule has 0 aliphatic carbocycles. The molecule has 1 saturated heterocycles. The van der Waals surface area contributed by atoms with Gasteiger partial charge in [0.15, 0.2) is 5.66 Å². The number of aryl methyl sites for hydroxylation is 1. The molecule has 2 atom stereocenters. The molecule has 0 bridgehead atoms. The van der Waals surface area contributed by atoms with Gasteiger partial charge in [0.2, 0.25) is 6.41 Å². The minimum atomic E-state index is -0.892. The van der Waals surface area contributed by atoms with Crippen molar-refractivity contribution in [1.29, 1.82) is 0 Å². The van der Waals surface area contributed by atoms with E-state index in [0.29, 0.717) is 25.1 Å². The Bertz CT molecular complexity index is 599. The lowest BCUT2D eigenvalue weighted by atomic mass is 10.0. The van der Waals surface area contributed by atoms with Gasteiger partial charge in [0.25, 0.3) is 5.91 Å². The van der Waals surface area contributed by atoms with Crippen molar-refractivity contribution in [2.75, 3.05) is 13.6 Å². The van der Waals surface area contributed by atoms with Gasteiger partial charge in [-0.3, -0.25) is 14.9 Å². The van der Waals surface area contributed by atoms with Crippen LogP contribution >= 0.6 is 0 Å². The summed E-state index contributed by atoms with van der Waals surface area (Å²) in [4.78, 5) is 24.6. The van der Waals surface area contributed by atoms with Gasteiger partial charge in [0.1, 0.15) is 5.75 Å². The van der Waals surface area contributed by atoms with Gasteiger partial charge < -0.3 is 15.3 Å². The lowest BCUT2D eigenvalue weighted by molar-refractivity contribution is -0.134. The van der Waals surface area contributed by atoms with Gasteiger partial charge in [-0.15, -0.1) is 0 Å². The molecule has 0 radical (unpaired) electrons. The van der Waals surface area contributed by atoms with Crippen LogP contribution in [0.4, 0.5) is 0 Å². The number of unbranched alkanes of at least 4 members (excludes halogenated alkanes) is 1. The van der Waals surface area contributed by atoms with Crippen LogP contribution < -0.4 is 10.6 Å². The summed E-state index contributed by atoms with van der Waals surface area (Å²) in [7, 11) is 1.59. The first kappa shape index (κ1) is 18.3. The van der Waals surface area contributed by atoms with Crippen molar-refractivity contribution in [2.45, 2.75) is 51.2 Å². The number of phenols is 1. The number of aromatic hydroxyl groups is 1. The number of hydrogen-bond acceptors (Lipinski definition) is 4. The number of phenolic OH excluding ortho intramolecular Hbond substituents is 1. The van der Waals surface area contributed by atoms with Gasteiger partial charge in [-0.2, -0.15) is 0 Å². The molecule has 0 spiro atoms. The summed E-state index contributed by atoms with van der Waals surface area (Å²) < 4.78 is 0. The number of amides is 2. The van der Waals surface area contributed by atoms with Crippen molar-refractivity contribution in [2.24, 2.45) is 0 Å². The fourth-order valence-electron chi connectivity index (χ4n) is 2.82. The molecular formula is C18H27N3O3. The molecule has 1 fully saturated rings. The molecule has 1 aromatic rings. The minimum Gasteiger partial charge on any atom is -0.508 e. The molecule has 2 amide bonds. The number of rotatable bonds is 9. The second kappa shape index (κ2) is 7.66. The SMILES string of the molecule is CCCCc1cc(CC(C)NC(=O)C2(N(C)C=O)CN2)ccc1O. The number of nitrogens with zero attached hydrogens (tertiary/aromatic N) is 1. The maximum Gasteiger partial charge on any atom is 0.262 e. The maximum atomic E-state index is 12.4. The molecule has 2 unspecified atom stereocenters. The van der Waals surface area contributed by atoms with E-state index >= 15 is 0 Å². The third kappa shape index (κ3) is 4.06. The second-order valence-electron chi connectivity index (χ2n) is 6.58. The van der Waals surface area contributed by atoms with Gasteiger partial charge >= 0.3 is 0 Å². The smallest absolute Gasteiger partial charge is 0.262 e. The highest BCUT2D eigenvalue weighted by Crippen LogP contribution is 2.23. The van der Waals surface area contributed by atoms with E-state index in [1.54, 1.807) is 13.1 Å². The van der Waals surface area contributed by atoms with Crippen LogP contribution in [0.1, 0.15) is 37.8 Å². The Balaban J connectivity index is 1.96. The number of likely N-dealkylation sites (N-methyl/N-ethyl adjacent to an activating group) is 1. The molecule has 0 saturated carbocycles. The number of carbonyl (C=O) groups excluding carboxylic acids is 2. The number of carbonyl (C=O) groups is 2. The van der Waals surface area contributed by atoms with Crippen LogP contribution in [0.3, 0.4) is 0 Å². The van der Waals surface area contributed by atoms with Crippen molar-refractivity contribution in [3.8, 4) is 5.75 Å². The molecule has 1 aliphatic rings. The number of hydrogen-bond donors (Lipinski definition) is 3. The van der Waals surface area contributed by atoms with E-state index in [1.807, 2.05) is 19.1 Å². The Labute approximate surface area is 143 Å². The van der Waals surface area contributed by atoms with E-state index in [9.17, 15) is 14.7 Å². The Kier molecular flexibility index (Phi) is 5.83. The van der Waals surface area contributed by atoms with Gasteiger partial charge in [-0.1, -0.05) is 25.5 Å². The molecular weight excluding hydrogens is 306 g/mol. The van der Waals surface area contributed by atoms with E-state index in [-0.39, 0.29) is 11.9 Å². The highest BCUT2D eigenvalue weighted by Gasteiger charge is 2.53. The first-order valence-corrected chi connectivity index (χ1v) is 8.48. The lowest BCUT2D eigenvalue weighted by Gasteiger charge is -2.24. The second-order valence-corrected chi connectivity index (χ2v) is 6.58. The van der Waals surface area contributed by atoms with E-state index in [1.165, 1.54) is 4.90 Å². The van der Waals surface area contributed by atoms with Crippen molar-refractivity contribution in [1.82, 2.24) is 15.5 Å². The van der Waals surface area contributed by atoms with E-state index in [2.05, 4.69) is 17.6 Å². The predicted octanol–water partition coefficient (Wildman–Crippen LogP) is 1.17. The lowest BCUT2D eigenvalue weighted by Crippen LogP contribution is -2.52. The molecule has 6 nitrogen and oxygen atoms in total. The largest absolute Gasteiger partial charge is 0.508 e. The summed E-state index contributed by atoms with van der Waals surface area (Å²) in [5.41, 5.74) is 1.14. The zero-order valence-corrected chi connectivity index (χ0v) is 14.6. The Morgan fingerprint density at radius 2 is 2.25 bits per heavy atom. The van der Waals surface area contributed by atoms with E-state index < -0.39 is 5.66 Å². The average molecular weight is 333 g/mol. The van der Waals surface area contributed by atoms with E-state index in [0.717, 1.165) is 30.4 Å². The zero-order valence-electron chi connectivity index (χ0n) is 14.6. The Hall–Kier alpha value is -2.08. The Morgan fingerprint density at radius 3 is 2.83 bits per heavy atom. The zero-order chi connectivity index (χ0) is 17.7. The van der Waals surface area contributed by atoms with Crippen molar-refractivity contribution in [3.05, 3.63) is 29.3 Å². The number of benzene rings is 1. The molecule has 1 aromatic carbocycles. The highest BCUT2D eigenvalue weighted by molar-refractivity contribution is 5.91. The monoisotopic (exact) mass is 333 g/mol. The normalized spacial score (nSPS) is 20.3. The molecule has 0 aromatic heterocycles. The topological polar surface area (TPSA) is 91.6 Å². The van der Waals surface area contributed by atoms with Crippen LogP contribution in [-0.4, -0.2) is 47.6 Å². The minimum absolute atomic E-state index is 0.0691. The number of nitrogens with one attached hydrogen (secondary N) is 2. The third-order valence-electron chi connectivity index (χ3n) is 4.51. The molecule has 2 rings (SSSR count). The third-order valence-corrected chi connectivity index (χ3v) is 4.51. The highest BCUT2D eigenvalue weighted by atomic mass is 16.3. The molecule has 132 valence electrons. The summed E-state index contributed by atoms with van der Waals surface area (Å²) in [6, 6.07) is 5.55. The van der Waals surface area contributed by atoms with Gasteiger partial charge in [-0.05, 0) is 43.4 Å². The summed E-state index contributed by atoms with van der Waals surface area (Å²) in [5, 5.41) is 15.8. The van der Waals surface area contributed by atoms with Crippen LogP contribution in [0.5, 0.6) is 5.75 Å². The quantitative estimate of drug-likeness (QED) is 0.467. The Morgan fingerprint density at radius 1 is 1.54 bits per heavy atom. The first-order chi connectivity index (χ1) is 11.4. The van der Waals surface area contributed by atoms with Gasteiger partial charge in [0.05, 0.1) is 0 Å². The molecule has 24 heavy (non-hydrogen) atoms. The molecule has 1 aliphatic heterocycles. The summed E-state index contributed by atoms with van der Waals surface area (Å²) in [6.45, 7) is 4.53. The van der Waals surface area contributed by atoms with Gasteiger partial charge in [-0.25, -0.2) is 0 Å².